The van der Waals surface area contributed by atoms with Gasteiger partial charge in [-0.05, 0) is 12.1 Å². The number of carboxylic acids is 1. The maximum Gasteiger partial charge on any atom is 0.377 e. The highest BCUT2D eigenvalue weighted by Gasteiger charge is 2.20. The molecule has 0 aliphatic rings. The van der Waals surface area contributed by atoms with Crippen LogP contribution in [0.1, 0.15) is 10.4 Å². The summed E-state index contributed by atoms with van der Waals surface area (Å²) < 4.78 is 17.9. The summed E-state index contributed by atoms with van der Waals surface area (Å²) in [6, 6.07) is 3.74. The largest absolute Gasteiger partial charge is 0.494 e. The molecule has 1 aromatic rings. The number of ketones is 1. The van der Waals surface area contributed by atoms with Crippen LogP contribution in [0.5, 0.6) is 5.75 Å². The fourth-order valence-electron chi connectivity index (χ4n) is 0.959. The minimum absolute atomic E-state index is 0.155. The summed E-state index contributed by atoms with van der Waals surface area (Å²) in [7, 11) is 1.23. The number of carbonyl (C=O) groups is 2. The summed E-state index contributed by atoms with van der Waals surface area (Å²) in [5, 5.41) is 8.37. The van der Waals surface area contributed by atoms with Crippen molar-refractivity contribution in [3.63, 3.8) is 0 Å². The van der Waals surface area contributed by atoms with Gasteiger partial charge in [-0.15, -0.1) is 0 Å². The molecule has 0 amide bonds. The first-order chi connectivity index (χ1) is 6.57. The Labute approximate surface area is 78.9 Å². The van der Waals surface area contributed by atoms with E-state index in [0.717, 1.165) is 6.07 Å². The van der Waals surface area contributed by atoms with Crippen molar-refractivity contribution in [2.75, 3.05) is 7.11 Å². The van der Waals surface area contributed by atoms with E-state index in [9.17, 15) is 14.0 Å². The molecule has 0 aliphatic heterocycles. The highest BCUT2D eigenvalue weighted by Crippen LogP contribution is 2.20. The second-order valence-electron chi connectivity index (χ2n) is 2.46. The van der Waals surface area contributed by atoms with E-state index in [1.807, 2.05) is 0 Å². The van der Waals surface area contributed by atoms with E-state index >= 15 is 0 Å². The van der Waals surface area contributed by atoms with Gasteiger partial charge in [0.15, 0.2) is 11.6 Å². The third-order valence-corrected chi connectivity index (χ3v) is 1.62. The number of carboxylic acid groups (broad SMARTS) is 1. The van der Waals surface area contributed by atoms with Crippen LogP contribution in [0.2, 0.25) is 0 Å². The summed E-state index contributed by atoms with van der Waals surface area (Å²) in [4.78, 5) is 21.2. The Kier molecular flexibility index (Phi) is 2.81. The predicted molar refractivity (Wildman–Crippen MR) is 44.9 cm³/mol. The minimum Gasteiger partial charge on any atom is -0.494 e. The van der Waals surface area contributed by atoms with Crippen LogP contribution in [0.15, 0.2) is 18.2 Å². The molecular weight excluding hydrogens is 191 g/mol. The smallest absolute Gasteiger partial charge is 0.377 e. The molecule has 1 aromatic carbocycles. The van der Waals surface area contributed by atoms with Crippen LogP contribution < -0.4 is 4.74 Å². The van der Waals surface area contributed by atoms with Gasteiger partial charge in [0.2, 0.25) is 0 Å². The van der Waals surface area contributed by atoms with E-state index in [1.54, 1.807) is 0 Å². The lowest BCUT2D eigenvalue weighted by Crippen LogP contribution is -2.14. The Balaban J connectivity index is 3.22. The molecule has 0 aliphatic carbocycles. The number of hydrogen-bond acceptors (Lipinski definition) is 3. The number of methoxy groups -OCH3 is 1. The van der Waals surface area contributed by atoms with Crippen LogP contribution >= 0.6 is 0 Å². The Bertz CT molecular complexity index is 386. The highest BCUT2D eigenvalue weighted by atomic mass is 19.1. The molecule has 0 spiro atoms. The van der Waals surface area contributed by atoms with Crippen LogP contribution in [0.25, 0.3) is 0 Å². The summed E-state index contributed by atoms with van der Waals surface area (Å²) in [5.74, 6) is -4.10. The van der Waals surface area contributed by atoms with Gasteiger partial charge in [0.25, 0.3) is 5.78 Å². The van der Waals surface area contributed by atoms with Gasteiger partial charge in [-0.25, -0.2) is 9.18 Å². The van der Waals surface area contributed by atoms with E-state index < -0.39 is 23.1 Å². The monoisotopic (exact) mass is 198 g/mol. The number of carbonyl (C=O) groups excluding carboxylic acids is 1. The summed E-state index contributed by atoms with van der Waals surface area (Å²) in [5.41, 5.74) is -0.503. The number of Topliss-reactive ketones (excluding diaryl/α,β-unsaturated/α-hetero) is 1. The Hall–Kier alpha value is -1.91. The summed E-state index contributed by atoms with van der Waals surface area (Å²) in [6.45, 7) is 0. The summed E-state index contributed by atoms with van der Waals surface area (Å²) >= 11 is 0. The fourth-order valence-corrected chi connectivity index (χ4v) is 0.959. The first-order valence-corrected chi connectivity index (χ1v) is 3.68. The lowest BCUT2D eigenvalue weighted by atomic mass is 10.1. The number of hydrogen-bond donors (Lipinski definition) is 1. The number of aliphatic carboxylic acids is 1. The zero-order valence-corrected chi connectivity index (χ0v) is 7.28. The van der Waals surface area contributed by atoms with Gasteiger partial charge < -0.3 is 9.84 Å². The van der Waals surface area contributed by atoms with Gasteiger partial charge in [0, 0.05) is 0 Å². The second kappa shape index (κ2) is 3.87. The van der Waals surface area contributed by atoms with Gasteiger partial charge in [-0.1, -0.05) is 6.07 Å². The molecule has 74 valence electrons. The molecule has 0 fully saturated rings. The van der Waals surface area contributed by atoms with Crippen molar-refractivity contribution in [3.05, 3.63) is 29.6 Å². The third kappa shape index (κ3) is 1.71. The molecule has 0 unspecified atom stereocenters. The average molecular weight is 198 g/mol. The average Bonchev–Trinajstić information content (AvgIpc) is 2.17. The van der Waals surface area contributed by atoms with E-state index in [1.165, 1.54) is 19.2 Å². The van der Waals surface area contributed by atoms with E-state index in [-0.39, 0.29) is 5.75 Å². The molecule has 0 radical (unpaired) electrons. The third-order valence-electron chi connectivity index (χ3n) is 1.62. The quantitative estimate of drug-likeness (QED) is 0.583. The van der Waals surface area contributed by atoms with Gasteiger partial charge in [-0.3, -0.25) is 4.79 Å². The molecular formula is C9H7FO4. The van der Waals surface area contributed by atoms with Crippen LogP contribution in [0, 0.1) is 5.82 Å². The number of benzene rings is 1. The topological polar surface area (TPSA) is 63.6 Å². The molecule has 1 N–H and O–H groups in total. The van der Waals surface area contributed by atoms with Crippen LogP contribution in [-0.4, -0.2) is 24.0 Å². The van der Waals surface area contributed by atoms with Gasteiger partial charge in [0.05, 0.1) is 12.7 Å². The second-order valence-corrected chi connectivity index (χ2v) is 2.46. The lowest BCUT2D eigenvalue weighted by Gasteiger charge is -2.03. The van der Waals surface area contributed by atoms with Gasteiger partial charge >= 0.3 is 5.97 Å². The highest BCUT2D eigenvalue weighted by molar-refractivity contribution is 6.39. The van der Waals surface area contributed by atoms with Crippen molar-refractivity contribution in [2.45, 2.75) is 0 Å². The van der Waals surface area contributed by atoms with Crippen LogP contribution in [0.4, 0.5) is 4.39 Å². The van der Waals surface area contributed by atoms with Gasteiger partial charge in [0.1, 0.15) is 0 Å². The van der Waals surface area contributed by atoms with Crippen molar-refractivity contribution in [3.8, 4) is 5.75 Å². The molecule has 1 rings (SSSR count). The Morgan fingerprint density at radius 3 is 2.57 bits per heavy atom. The molecule has 0 bridgehead atoms. The van der Waals surface area contributed by atoms with E-state index in [2.05, 4.69) is 4.74 Å². The van der Waals surface area contributed by atoms with E-state index in [0.29, 0.717) is 0 Å². The van der Waals surface area contributed by atoms with Crippen molar-refractivity contribution >= 4 is 11.8 Å². The minimum atomic E-state index is -1.70. The zero-order valence-electron chi connectivity index (χ0n) is 7.28. The summed E-state index contributed by atoms with van der Waals surface area (Å²) in [6.07, 6.45) is 0. The molecule has 0 aromatic heterocycles. The normalized spacial score (nSPS) is 9.57. The molecule has 0 atom stereocenters. The van der Waals surface area contributed by atoms with Crippen LogP contribution in [0.3, 0.4) is 0 Å². The Morgan fingerprint density at radius 1 is 1.43 bits per heavy atom. The fraction of sp³-hybridized carbons (Fsp3) is 0.111. The maximum atomic E-state index is 13.3. The van der Waals surface area contributed by atoms with Crippen molar-refractivity contribution < 1.29 is 23.8 Å². The SMILES string of the molecule is COc1cccc(C(=O)C(=O)O)c1F. The predicted octanol–water partition coefficient (Wildman–Crippen LogP) is 1.10. The number of rotatable bonds is 3. The van der Waals surface area contributed by atoms with Crippen molar-refractivity contribution in [1.82, 2.24) is 0 Å². The first-order valence-electron chi connectivity index (χ1n) is 3.68. The first kappa shape index (κ1) is 10.2. The van der Waals surface area contributed by atoms with Crippen molar-refractivity contribution in [1.29, 1.82) is 0 Å². The maximum absolute atomic E-state index is 13.3. The molecule has 4 nitrogen and oxygen atoms in total. The van der Waals surface area contributed by atoms with Gasteiger partial charge in [-0.2, -0.15) is 0 Å². The van der Waals surface area contributed by atoms with E-state index in [4.69, 9.17) is 5.11 Å². The van der Waals surface area contributed by atoms with Crippen LogP contribution in [-0.2, 0) is 4.79 Å². The number of halogens is 1. The zero-order chi connectivity index (χ0) is 10.7. The molecule has 5 heteroatoms. The molecule has 0 saturated heterocycles. The lowest BCUT2D eigenvalue weighted by molar-refractivity contribution is -0.131. The molecule has 14 heavy (non-hydrogen) atoms. The van der Waals surface area contributed by atoms with Crippen molar-refractivity contribution in [2.24, 2.45) is 0 Å². The Morgan fingerprint density at radius 2 is 2.07 bits per heavy atom. The molecule has 0 saturated carbocycles. The molecule has 0 heterocycles. The standard InChI is InChI=1S/C9H7FO4/c1-14-6-4-2-3-5(7(6)10)8(11)9(12)13/h2-4H,1H3,(H,12,13). The number of ether oxygens (including phenoxy) is 1.